The van der Waals surface area contributed by atoms with E-state index in [0.717, 1.165) is 5.92 Å². The molecule has 0 bridgehead atoms. The summed E-state index contributed by atoms with van der Waals surface area (Å²) >= 11 is 0. The van der Waals surface area contributed by atoms with Crippen molar-refractivity contribution in [2.75, 3.05) is 0 Å². The SMILES string of the molecule is CC.CCC1=CCC(CC)C(CC)=C1CC. The van der Waals surface area contributed by atoms with Crippen molar-refractivity contribution in [3.63, 3.8) is 0 Å². The van der Waals surface area contributed by atoms with Gasteiger partial charge in [0.25, 0.3) is 0 Å². The molecular formula is C16H30. The van der Waals surface area contributed by atoms with Crippen molar-refractivity contribution >= 4 is 0 Å². The van der Waals surface area contributed by atoms with Gasteiger partial charge in [-0.2, -0.15) is 0 Å². The smallest absolute Gasteiger partial charge is 0.0165 e. The fourth-order valence-corrected chi connectivity index (χ4v) is 2.73. The number of hydrogen-bond donors (Lipinski definition) is 0. The molecule has 0 aromatic carbocycles. The Morgan fingerprint density at radius 2 is 1.62 bits per heavy atom. The van der Waals surface area contributed by atoms with Crippen LogP contribution in [0.2, 0.25) is 0 Å². The second-order valence-electron chi connectivity index (χ2n) is 4.13. The molecule has 16 heavy (non-hydrogen) atoms. The lowest BCUT2D eigenvalue weighted by Gasteiger charge is -2.27. The zero-order valence-corrected chi connectivity index (χ0v) is 12.2. The molecule has 0 fully saturated rings. The average molecular weight is 222 g/mol. The van der Waals surface area contributed by atoms with E-state index in [1.54, 1.807) is 16.7 Å². The molecule has 0 amide bonds. The zero-order chi connectivity index (χ0) is 12.6. The molecule has 0 N–H and O–H groups in total. The molecule has 0 heteroatoms. The van der Waals surface area contributed by atoms with Crippen LogP contribution in [0, 0.1) is 5.92 Å². The maximum absolute atomic E-state index is 2.48. The van der Waals surface area contributed by atoms with Crippen LogP contribution >= 0.6 is 0 Å². The van der Waals surface area contributed by atoms with E-state index >= 15 is 0 Å². The van der Waals surface area contributed by atoms with Crippen molar-refractivity contribution in [2.24, 2.45) is 5.92 Å². The molecule has 0 spiro atoms. The Morgan fingerprint density at radius 1 is 1.00 bits per heavy atom. The Hall–Kier alpha value is -0.520. The Morgan fingerprint density at radius 3 is 2.00 bits per heavy atom. The Bertz CT molecular complexity index is 243. The summed E-state index contributed by atoms with van der Waals surface area (Å²) in [6, 6.07) is 0. The molecule has 0 saturated heterocycles. The van der Waals surface area contributed by atoms with Gasteiger partial charge >= 0.3 is 0 Å². The third-order valence-corrected chi connectivity index (χ3v) is 3.52. The fourth-order valence-electron chi connectivity index (χ4n) is 2.73. The van der Waals surface area contributed by atoms with Crippen molar-refractivity contribution in [1.29, 1.82) is 0 Å². The normalized spacial score (nSPS) is 20.1. The van der Waals surface area contributed by atoms with Crippen LogP contribution in [0.1, 0.15) is 73.6 Å². The highest BCUT2D eigenvalue weighted by atomic mass is 14.2. The molecule has 0 aromatic rings. The van der Waals surface area contributed by atoms with E-state index in [1.165, 1.54) is 32.1 Å². The Labute approximate surface area is 103 Å². The molecular weight excluding hydrogens is 192 g/mol. The van der Waals surface area contributed by atoms with Gasteiger partial charge in [-0.05, 0) is 49.2 Å². The third kappa shape index (κ3) is 3.50. The third-order valence-electron chi connectivity index (χ3n) is 3.52. The molecule has 0 radical (unpaired) electrons. The lowest BCUT2D eigenvalue weighted by Crippen LogP contribution is -2.11. The topological polar surface area (TPSA) is 0 Å². The Balaban J connectivity index is 0.00000106. The van der Waals surface area contributed by atoms with Gasteiger partial charge in [0.2, 0.25) is 0 Å². The zero-order valence-electron chi connectivity index (χ0n) is 12.2. The van der Waals surface area contributed by atoms with E-state index in [1.807, 2.05) is 13.8 Å². The van der Waals surface area contributed by atoms with E-state index in [2.05, 4.69) is 33.8 Å². The summed E-state index contributed by atoms with van der Waals surface area (Å²) in [4.78, 5) is 0. The quantitative estimate of drug-likeness (QED) is 0.556. The van der Waals surface area contributed by atoms with Crippen molar-refractivity contribution < 1.29 is 0 Å². The minimum Gasteiger partial charge on any atom is -0.0805 e. The predicted octanol–water partition coefficient (Wildman–Crippen LogP) is 5.90. The van der Waals surface area contributed by atoms with Gasteiger partial charge in [0.05, 0.1) is 0 Å². The summed E-state index contributed by atoms with van der Waals surface area (Å²) in [7, 11) is 0. The highest BCUT2D eigenvalue weighted by Crippen LogP contribution is 2.36. The lowest BCUT2D eigenvalue weighted by atomic mass is 9.79. The molecule has 0 saturated carbocycles. The molecule has 1 aliphatic carbocycles. The first kappa shape index (κ1) is 15.5. The maximum Gasteiger partial charge on any atom is -0.0165 e. The van der Waals surface area contributed by atoms with Crippen molar-refractivity contribution in [3.05, 3.63) is 22.8 Å². The van der Waals surface area contributed by atoms with E-state index in [0.29, 0.717) is 0 Å². The van der Waals surface area contributed by atoms with Gasteiger partial charge in [-0.3, -0.25) is 0 Å². The van der Waals surface area contributed by atoms with Gasteiger partial charge in [0.1, 0.15) is 0 Å². The summed E-state index contributed by atoms with van der Waals surface area (Å²) in [6.07, 6.45) is 8.75. The fraction of sp³-hybridized carbons (Fsp3) is 0.750. The summed E-state index contributed by atoms with van der Waals surface area (Å²) < 4.78 is 0. The molecule has 1 unspecified atom stereocenters. The Kier molecular flexibility index (Phi) is 8.33. The van der Waals surface area contributed by atoms with Crippen LogP contribution < -0.4 is 0 Å². The van der Waals surface area contributed by atoms with Crippen LogP contribution in [-0.4, -0.2) is 0 Å². The number of allylic oxidation sites excluding steroid dienone is 4. The largest absolute Gasteiger partial charge is 0.0805 e. The average Bonchev–Trinajstić information content (AvgIpc) is 2.38. The van der Waals surface area contributed by atoms with Crippen molar-refractivity contribution in [2.45, 2.75) is 73.6 Å². The maximum atomic E-state index is 2.48. The predicted molar refractivity (Wildman–Crippen MR) is 75.7 cm³/mol. The summed E-state index contributed by atoms with van der Waals surface area (Å²) in [5.74, 6) is 0.838. The highest BCUT2D eigenvalue weighted by molar-refractivity contribution is 5.39. The van der Waals surface area contributed by atoms with Gasteiger partial charge in [0, 0.05) is 0 Å². The van der Waals surface area contributed by atoms with Crippen molar-refractivity contribution in [3.8, 4) is 0 Å². The van der Waals surface area contributed by atoms with Gasteiger partial charge in [-0.15, -0.1) is 0 Å². The minimum absolute atomic E-state index is 0.838. The molecule has 94 valence electrons. The van der Waals surface area contributed by atoms with Crippen LogP contribution in [0.3, 0.4) is 0 Å². The van der Waals surface area contributed by atoms with E-state index in [-0.39, 0.29) is 0 Å². The van der Waals surface area contributed by atoms with Crippen molar-refractivity contribution in [1.82, 2.24) is 0 Å². The van der Waals surface area contributed by atoms with Gasteiger partial charge in [-0.1, -0.05) is 53.2 Å². The lowest BCUT2D eigenvalue weighted by molar-refractivity contribution is 0.560. The van der Waals surface area contributed by atoms with Crippen LogP contribution in [0.25, 0.3) is 0 Å². The molecule has 0 heterocycles. The van der Waals surface area contributed by atoms with E-state index in [4.69, 9.17) is 0 Å². The summed E-state index contributed by atoms with van der Waals surface area (Å²) in [6.45, 7) is 13.2. The first-order valence-electron chi connectivity index (χ1n) is 7.19. The minimum atomic E-state index is 0.838. The monoisotopic (exact) mass is 222 g/mol. The van der Waals surface area contributed by atoms with Crippen LogP contribution in [-0.2, 0) is 0 Å². The van der Waals surface area contributed by atoms with Crippen LogP contribution in [0.15, 0.2) is 22.8 Å². The molecule has 0 nitrogen and oxygen atoms in total. The first-order chi connectivity index (χ1) is 7.78. The highest BCUT2D eigenvalue weighted by Gasteiger charge is 2.19. The van der Waals surface area contributed by atoms with Crippen LogP contribution in [0.5, 0.6) is 0 Å². The first-order valence-corrected chi connectivity index (χ1v) is 7.19. The summed E-state index contributed by atoms with van der Waals surface area (Å²) in [5.41, 5.74) is 5.04. The van der Waals surface area contributed by atoms with E-state index < -0.39 is 0 Å². The standard InChI is InChI=1S/C14H24.C2H6/c1-5-11-9-10-12(6-2)14(8-4)13(11)7-3;1-2/h9,12H,5-8,10H2,1-4H3;1-2H3. The summed E-state index contributed by atoms with van der Waals surface area (Å²) in [5, 5.41) is 0. The number of hydrogen-bond acceptors (Lipinski definition) is 0. The molecule has 1 atom stereocenters. The van der Waals surface area contributed by atoms with E-state index in [9.17, 15) is 0 Å². The molecule has 1 aliphatic rings. The van der Waals surface area contributed by atoms with Gasteiger partial charge in [0.15, 0.2) is 0 Å². The van der Waals surface area contributed by atoms with Gasteiger partial charge in [-0.25, -0.2) is 0 Å². The van der Waals surface area contributed by atoms with Gasteiger partial charge < -0.3 is 0 Å². The number of rotatable bonds is 4. The molecule has 1 rings (SSSR count). The molecule has 0 aromatic heterocycles. The second kappa shape index (κ2) is 8.61. The van der Waals surface area contributed by atoms with Crippen LogP contribution in [0.4, 0.5) is 0 Å². The molecule has 0 aliphatic heterocycles. The second-order valence-corrected chi connectivity index (χ2v) is 4.13.